The Kier molecular flexibility index (Phi) is 13.5. The number of ketones is 1. The Balaban J connectivity index is 0.00000137. The van der Waals surface area contributed by atoms with Gasteiger partial charge >= 0.3 is 0 Å². The predicted octanol–water partition coefficient (Wildman–Crippen LogP) is 7.48. The second kappa shape index (κ2) is 15.8. The molecule has 182 valence electrons. The molecule has 0 aliphatic carbocycles. The van der Waals surface area contributed by atoms with E-state index in [0.717, 1.165) is 19.4 Å². The summed E-state index contributed by atoms with van der Waals surface area (Å²) in [5, 5.41) is 3.37. The van der Waals surface area contributed by atoms with Crippen molar-refractivity contribution in [1.29, 1.82) is 0 Å². The lowest BCUT2D eigenvalue weighted by Gasteiger charge is -2.24. The first-order chi connectivity index (χ1) is 16.5. The Labute approximate surface area is 210 Å². The van der Waals surface area contributed by atoms with Gasteiger partial charge in [-0.25, -0.2) is 0 Å². The van der Waals surface area contributed by atoms with Gasteiger partial charge in [0.15, 0.2) is 5.78 Å². The highest BCUT2D eigenvalue weighted by molar-refractivity contribution is 6.31. The van der Waals surface area contributed by atoms with Crippen molar-refractivity contribution >= 4 is 29.0 Å². The van der Waals surface area contributed by atoms with Crippen LogP contribution in [0.3, 0.4) is 0 Å². The number of rotatable bonds is 8. The Hall–Kier alpha value is -2.95. The molecular weight excluding hydrogens is 444 g/mol. The molecule has 3 rings (SSSR count). The lowest BCUT2D eigenvalue weighted by atomic mass is 10.0. The van der Waals surface area contributed by atoms with Gasteiger partial charge in [0, 0.05) is 22.7 Å². The van der Waals surface area contributed by atoms with Gasteiger partial charge in [-0.05, 0) is 43.1 Å². The number of carbonyl (C=O) groups is 2. The van der Waals surface area contributed by atoms with Gasteiger partial charge in [0.2, 0.25) is 5.91 Å². The summed E-state index contributed by atoms with van der Waals surface area (Å²) in [5.41, 5.74) is 2.33. The molecule has 0 bridgehead atoms. The van der Waals surface area contributed by atoms with E-state index < -0.39 is 0 Å². The van der Waals surface area contributed by atoms with Crippen LogP contribution in [0.4, 0.5) is 5.69 Å². The van der Waals surface area contributed by atoms with Crippen molar-refractivity contribution in [2.75, 3.05) is 11.9 Å². The summed E-state index contributed by atoms with van der Waals surface area (Å²) in [6, 6.07) is 14.8. The number of benzene rings is 2. The zero-order chi connectivity index (χ0) is 25.5. The average Bonchev–Trinajstić information content (AvgIpc) is 3.34. The van der Waals surface area contributed by atoms with Crippen LogP contribution < -0.4 is 5.32 Å². The van der Waals surface area contributed by atoms with Crippen LogP contribution in [-0.2, 0) is 11.3 Å². The Morgan fingerprint density at radius 1 is 1.09 bits per heavy atom. The van der Waals surface area contributed by atoms with Crippen LogP contribution in [0.1, 0.15) is 56.5 Å². The van der Waals surface area contributed by atoms with Crippen molar-refractivity contribution in [3.05, 3.63) is 102 Å². The third kappa shape index (κ3) is 8.12. The van der Waals surface area contributed by atoms with Gasteiger partial charge in [0.05, 0.1) is 11.7 Å². The number of Topliss-reactive ketones (excluding diaryl/α,β-unsaturated/α-hetero) is 1. The molecule has 1 amide bonds. The quantitative estimate of drug-likeness (QED) is 0.242. The summed E-state index contributed by atoms with van der Waals surface area (Å²) in [4.78, 5) is 28.2. The molecule has 1 fully saturated rings. The van der Waals surface area contributed by atoms with Crippen molar-refractivity contribution in [1.82, 2.24) is 4.90 Å². The van der Waals surface area contributed by atoms with Crippen LogP contribution in [0, 0.1) is 0 Å². The maximum atomic E-state index is 13.1. The normalized spacial score (nSPS) is 15.2. The van der Waals surface area contributed by atoms with Crippen LogP contribution in [0.15, 0.2) is 85.5 Å². The fraction of sp³-hybridized carbons (Fsp3) is 0.310. The summed E-state index contributed by atoms with van der Waals surface area (Å²) in [7, 11) is 0. The fourth-order valence-corrected chi connectivity index (χ4v) is 3.85. The SMILES string of the molecule is C=C/C=C(\C=C)C(=O)c1cc(Cl)ccc1NC(=O)C1CCCN1Cc1ccccc1.CC.CC. The second-order valence-corrected chi connectivity index (χ2v) is 7.62. The molecule has 0 radical (unpaired) electrons. The maximum Gasteiger partial charge on any atom is 0.241 e. The molecule has 2 aromatic rings. The number of nitrogens with zero attached hydrogens (tertiary/aromatic N) is 1. The average molecular weight is 481 g/mol. The van der Waals surface area contributed by atoms with E-state index in [9.17, 15) is 9.59 Å². The molecule has 4 nitrogen and oxygen atoms in total. The van der Waals surface area contributed by atoms with Crippen molar-refractivity contribution in [2.24, 2.45) is 0 Å². The molecular formula is C29H37ClN2O2. The van der Waals surface area contributed by atoms with Gasteiger partial charge < -0.3 is 5.32 Å². The van der Waals surface area contributed by atoms with E-state index in [-0.39, 0.29) is 17.7 Å². The number of nitrogens with one attached hydrogen (secondary N) is 1. The molecule has 0 aromatic heterocycles. The number of anilines is 1. The minimum atomic E-state index is -0.268. The number of hydrogen-bond acceptors (Lipinski definition) is 3. The van der Waals surface area contributed by atoms with E-state index in [1.165, 1.54) is 17.7 Å². The third-order valence-electron chi connectivity index (χ3n) is 5.16. The zero-order valence-corrected chi connectivity index (χ0v) is 21.6. The minimum Gasteiger partial charge on any atom is -0.324 e. The number of amides is 1. The Bertz CT molecular complexity index is 983. The highest BCUT2D eigenvalue weighted by atomic mass is 35.5. The second-order valence-electron chi connectivity index (χ2n) is 7.18. The van der Waals surface area contributed by atoms with E-state index in [0.29, 0.717) is 28.4 Å². The lowest BCUT2D eigenvalue weighted by Crippen LogP contribution is -2.39. The summed E-state index contributed by atoms with van der Waals surface area (Å²) >= 11 is 6.12. The minimum absolute atomic E-state index is 0.118. The number of allylic oxidation sites excluding steroid dienone is 4. The van der Waals surface area contributed by atoms with Gasteiger partial charge in [0.25, 0.3) is 0 Å². The highest BCUT2D eigenvalue weighted by Gasteiger charge is 2.31. The number of carbonyl (C=O) groups excluding carboxylic acids is 2. The van der Waals surface area contributed by atoms with Crippen LogP contribution in [0.5, 0.6) is 0 Å². The van der Waals surface area contributed by atoms with E-state index >= 15 is 0 Å². The molecule has 1 atom stereocenters. The first-order valence-electron chi connectivity index (χ1n) is 11.9. The van der Waals surface area contributed by atoms with E-state index in [1.807, 2.05) is 45.9 Å². The molecule has 1 unspecified atom stereocenters. The van der Waals surface area contributed by atoms with Gasteiger partial charge in [-0.2, -0.15) is 0 Å². The molecule has 1 N–H and O–H groups in total. The van der Waals surface area contributed by atoms with Crippen LogP contribution >= 0.6 is 11.6 Å². The summed E-state index contributed by atoms with van der Waals surface area (Å²) < 4.78 is 0. The molecule has 1 aliphatic heterocycles. The predicted molar refractivity (Wildman–Crippen MR) is 145 cm³/mol. The zero-order valence-electron chi connectivity index (χ0n) is 20.8. The summed E-state index contributed by atoms with van der Waals surface area (Å²) in [6.45, 7) is 16.9. The molecule has 1 saturated heterocycles. The molecule has 1 aliphatic rings. The Morgan fingerprint density at radius 3 is 2.38 bits per heavy atom. The van der Waals surface area contributed by atoms with Crippen molar-refractivity contribution in [3.8, 4) is 0 Å². The number of likely N-dealkylation sites (tertiary alicyclic amines) is 1. The van der Waals surface area contributed by atoms with Gasteiger partial charge in [-0.1, -0.05) is 101 Å². The van der Waals surface area contributed by atoms with Crippen molar-refractivity contribution in [3.63, 3.8) is 0 Å². The number of halogens is 1. The van der Waals surface area contributed by atoms with E-state index in [4.69, 9.17) is 11.6 Å². The molecule has 2 aromatic carbocycles. The van der Waals surface area contributed by atoms with Crippen LogP contribution in [0.2, 0.25) is 5.02 Å². The van der Waals surface area contributed by atoms with E-state index in [1.54, 1.807) is 24.3 Å². The first-order valence-corrected chi connectivity index (χ1v) is 12.3. The summed E-state index contributed by atoms with van der Waals surface area (Å²) in [5.74, 6) is -0.386. The Morgan fingerprint density at radius 2 is 1.76 bits per heavy atom. The van der Waals surface area contributed by atoms with Crippen molar-refractivity contribution in [2.45, 2.75) is 53.1 Å². The first kappa shape index (κ1) is 29.1. The van der Waals surface area contributed by atoms with Crippen LogP contribution in [-0.4, -0.2) is 29.2 Å². The monoisotopic (exact) mass is 480 g/mol. The molecule has 5 heteroatoms. The van der Waals surface area contributed by atoms with Gasteiger partial charge in [-0.3, -0.25) is 14.5 Å². The molecule has 0 spiro atoms. The number of hydrogen-bond donors (Lipinski definition) is 1. The summed E-state index contributed by atoms with van der Waals surface area (Å²) in [6.07, 6.45) is 6.32. The van der Waals surface area contributed by atoms with Gasteiger partial charge in [-0.15, -0.1) is 0 Å². The fourth-order valence-electron chi connectivity index (χ4n) is 3.68. The molecule has 0 saturated carbocycles. The van der Waals surface area contributed by atoms with E-state index in [2.05, 4.69) is 35.5 Å². The molecule has 34 heavy (non-hydrogen) atoms. The third-order valence-corrected chi connectivity index (χ3v) is 5.39. The van der Waals surface area contributed by atoms with Crippen molar-refractivity contribution < 1.29 is 9.59 Å². The topological polar surface area (TPSA) is 49.4 Å². The largest absolute Gasteiger partial charge is 0.324 e. The lowest BCUT2D eigenvalue weighted by molar-refractivity contribution is -0.120. The molecule has 1 heterocycles. The van der Waals surface area contributed by atoms with Gasteiger partial charge in [0.1, 0.15) is 0 Å². The standard InChI is InChI=1S/C25H25ClN2O2.2C2H6/c1-3-9-19(4-2)24(29)21-16-20(26)13-14-22(21)27-25(30)23-12-8-15-28(23)17-18-10-6-5-7-11-18;2*1-2/h3-7,9-11,13-14,16,23H,1-2,8,12,15,17H2,(H,27,30);2*1-2H3/b19-9+;;. The van der Waals surface area contributed by atoms with Crippen LogP contribution in [0.25, 0.3) is 0 Å². The maximum absolute atomic E-state index is 13.1. The smallest absolute Gasteiger partial charge is 0.241 e. The highest BCUT2D eigenvalue weighted by Crippen LogP contribution is 2.26.